The van der Waals surface area contributed by atoms with Gasteiger partial charge in [0.1, 0.15) is 5.82 Å². The zero-order valence-electron chi connectivity index (χ0n) is 18.1. The van der Waals surface area contributed by atoms with Crippen LogP contribution in [-0.2, 0) is 13.1 Å². The first-order chi connectivity index (χ1) is 14.6. The third-order valence-corrected chi connectivity index (χ3v) is 7.15. The molecule has 4 heteroatoms. The van der Waals surface area contributed by atoms with E-state index in [4.69, 9.17) is 11.6 Å². The molecule has 2 nitrogen and oxygen atoms in total. The van der Waals surface area contributed by atoms with Crippen molar-refractivity contribution in [3.05, 3.63) is 70.0 Å². The van der Waals surface area contributed by atoms with E-state index in [0.29, 0.717) is 29.0 Å². The van der Waals surface area contributed by atoms with Crippen molar-refractivity contribution in [1.82, 2.24) is 9.80 Å². The summed E-state index contributed by atoms with van der Waals surface area (Å²) in [5.74, 6) is 1.18. The van der Waals surface area contributed by atoms with Crippen molar-refractivity contribution in [2.75, 3.05) is 26.2 Å². The van der Waals surface area contributed by atoms with Crippen LogP contribution in [0.3, 0.4) is 0 Å². The largest absolute Gasteiger partial charge is 0.299 e. The van der Waals surface area contributed by atoms with Crippen molar-refractivity contribution in [2.45, 2.75) is 58.0 Å². The summed E-state index contributed by atoms with van der Waals surface area (Å²) in [4.78, 5) is 4.93. The second-order valence-electron chi connectivity index (χ2n) is 9.19. The van der Waals surface area contributed by atoms with Gasteiger partial charge in [-0.25, -0.2) is 4.39 Å². The van der Waals surface area contributed by atoms with Crippen LogP contribution in [-0.4, -0.2) is 36.0 Å². The Labute approximate surface area is 186 Å². The summed E-state index contributed by atoms with van der Waals surface area (Å²) in [6.07, 6.45) is 6.23. The summed E-state index contributed by atoms with van der Waals surface area (Å²) in [7, 11) is 0. The molecule has 1 aliphatic heterocycles. The Morgan fingerprint density at radius 2 is 1.80 bits per heavy atom. The average Bonchev–Trinajstić information content (AvgIpc) is 3.21. The van der Waals surface area contributed by atoms with Gasteiger partial charge in [0.05, 0.1) is 0 Å². The number of hydrogen-bond donors (Lipinski definition) is 0. The lowest BCUT2D eigenvalue weighted by molar-refractivity contribution is 0.152. The second kappa shape index (κ2) is 10.3. The SMILES string of the molecule is CCCN(Cc1c(F)cccc1Cl)CC1CC(c2ccc(CN3CCCC3)cc2)C1. The van der Waals surface area contributed by atoms with Crippen LogP contribution in [0, 0.1) is 11.7 Å². The maximum atomic E-state index is 14.2. The molecule has 162 valence electrons. The fraction of sp³-hybridized carbons (Fsp3) is 0.538. The Bertz CT molecular complexity index is 790. The van der Waals surface area contributed by atoms with Crippen LogP contribution in [0.5, 0.6) is 0 Å². The van der Waals surface area contributed by atoms with Gasteiger partial charge in [-0.2, -0.15) is 0 Å². The van der Waals surface area contributed by atoms with Gasteiger partial charge in [-0.15, -0.1) is 0 Å². The number of benzene rings is 2. The molecule has 2 fully saturated rings. The van der Waals surface area contributed by atoms with E-state index in [2.05, 4.69) is 41.0 Å². The molecule has 0 bridgehead atoms. The average molecular weight is 429 g/mol. The minimum Gasteiger partial charge on any atom is -0.299 e. The summed E-state index contributed by atoms with van der Waals surface area (Å²) in [6.45, 7) is 8.39. The molecule has 2 aliphatic rings. The third-order valence-electron chi connectivity index (χ3n) is 6.79. The molecule has 30 heavy (non-hydrogen) atoms. The molecule has 0 radical (unpaired) electrons. The lowest BCUT2D eigenvalue weighted by Gasteiger charge is -2.39. The van der Waals surface area contributed by atoms with Crippen LogP contribution in [0.4, 0.5) is 4.39 Å². The monoisotopic (exact) mass is 428 g/mol. The smallest absolute Gasteiger partial charge is 0.129 e. The molecular weight excluding hydrogens is 395 g/mol. The van der Waals surface area contributed by atoms with Gasteiger partial charge in [-0.3, -0.25) is 9.80 Å². The molecule has 0 unspecified atom stereocenters. The van der Waals surface area contributed by atoms with Crippen LogP contribution in [0.2, 0.25) is 5.02 Å². The van der Waals surface area contributed by atoms with E-state index in [-0.39, 0.29) is 5.82 Å². The predicted octanol–water partition coefficient (Wildman–Crippen LogP) is 6.48. The molecule has 1 saturated heterocycles. The summed E-state index contributed by atoms with van der Waals surface area (Å²) in [5, 5.41) is 0.539. The molecule has 1 heterocycles. The maximum Gasteiger partial charge on any atom is 0.129 e. The molecule has 1 saturated carbocycles. The topological polar surface area (TPSA) is 6.48 Å². The molecule has 0 atom stereocenters. The normalized spacial score (nSPS) is 21.9. The highest BCUT2D eigenvalue weighted by Crippen LogP contribution is 2.42. The van der Waals surface area contributed by atoms with E-state index in [1.807, 2.05) is 0 Å². The molecule has 2 aromatic rings. The third kappa shape index (κ3) is 5.43. The van der Waals surface area contributed by atoms with E-state index >= 15 is 0 Å². The van der Waals surface area contributed by atoms with Crippen molar-refractivity contribution in [1.29, 1.82) is 0 Å². The van der Waals surface area contributed by atoms with Gasteiger partial charge in [0.25, 0.3) is 0 Å². The van der Waals surface area contributed by atoms with Crippen molar-refractivity contribution < 1.29 is 4.39 Å². The molecule has 0 aromatic heterocycles. The first-order valence-electron chi connectivity index (χ1n) is 11.6. The Morgan fingerprint density at radius 1 is 1.07 bits per heavy atom. The van der Waals surface area contributed by atoms with Crippen LogP contribution < -0.4 is 0 Å². The van der Waals surface area contributed by atoms with E-state index in [9.17, 15) is 4.39 Å². The first-order valence-corrected chi connectivity index (χ1v) is 12.0. The van der Waals surface area contributed by atoms with Crippen LogP contribution >= 0.6 is 11.6 Å². The Hall–Kier alpha value is -1.42. The molecule has 4 rings (SSSR count). The highest BCUT2D eigenvalue weighted by molar-refractivity contribution is 6.31. The van der Waals surface area contributed by atoms with Crippen LogP contribution in [0.25, 0.3) is 0 Å². The number of rotatable bonds is 9. The Morgan fingerprint density at radius 3 is 2.47 bits per heavy atom. The zero-order chi connectivity index (χ0) is 20.9. The van der Waals surface area contributed by atoms with Gasteiger partial charge in [0, 0.05) is 30.2 Å². The van der Waals surface area contributed by atoms with E-state index in [1.54, 1.807) is 12.1 Å². The molecule has 0 amide bonds. The van der Waals surface area contributed by atoms with Crippen molar-refractivity contribution in [3.63, 3.8) is 0 Å². The van der Waals surface area contributed by atoms with Crippen molar-refractivity contribution in [2.24, 2.45) is 5.92 Å². The van der Waals surface area contributed by atoms with Crippen molar-refractivity contribution in [3.8, 4) is 0 Å². The minimum atomic E-state index is -0.191. The van der Waals surface area contributed by atoms with Crippen LogP contribution in [0.1, 0.15) is 61.6 Å². The lowest BCUT2D eigenvalue weighted by atomic mass is 9.71. The molecule has 0 N–H and O–H groups in total. The number of likely N-dealkylation sites (tertiary alicyclic amines) is 1. The standard InChI is InChI=1S/C26H34ClFN2/c1-2-12-30(19-24-25(27)6-5-7-26(24)28)18-21-15-23(16-21)22-10-8-20(9-11-22)17-29-13-3-4-14-29/h5-11,21,23H,2-4,12-19H2,1H3. The highest BCUT2D eigenvalue weighted by atomic mass is 35.5. The first kappa shape index (κ1) is 21.8. The lowest BCUT2D eigenvalue weighted by Crippen LogP contribution is -2.36. The fourth-order valence-electron chi connectivity index (χ4n) is 5.07. The summed E-state index contributed by atoms with van der Waals surface area (Å²) < 4.78 is 14.2. The zero-order valence-corrected chi connectivity index (χ0v) is 18.9. The minimum absolute atomic E-state index is 0.191. The quantitative estimate of drug-likeness (QED) is 0.451. The van der Waals surface area contributed by atoms with Crippen molar-refractivity contribution >= 4 is 11.6 Å². The predicted molar refractivity (Wildman–Crippen MR) is 123 cm³/mol. The van der Waals surface area contributed by atoms with Gasteiger partial charge in [-0.05, 0) is 86.8 Å². The van der Waals surface area contributed by atoms with Gasteiger partial charge in [0.2, 0.25) is 0 Å². The Balaban J connectivity index is 1.28. The van der Waals surface area contributed by atoms with Gasteiger partial charge >= 0.3 is 0 Å². The van der Waals surface area contributed by atoms with E-state index < -0.39 is 0 Å². The maximum absolute atomic E-state index is 14.2. The van der Waals surface area contributed by atoms with Gasteiger partial charge in [0.15, 0.2) is 0 Å². The molecule has 2 aromatic carbocycles. The molecule has 1 aliphatic carbocycles. The van der Waals surface area contributed by atoms with Crippen LogP contribution in [0.15, 0.2) is 42.5 Å². The fourth-order valence-corrected chi connectivity index (χ4v) is 5.30. The second-order valence-corrected chi connectivity index (χ2v) is 9.60. The molecular formula is C26H34ClFN2. The highest BCUT2D eigenvalue weighted by Gasteiger charge is 2.31. The van der Waals surface area contributed by atoms with E-state index in [1.165, 1.54) is 56.0 Å². The van der Waals surface area contributed by atoms with Gasteiger partial charge < -0.3 is 0 Å². The van der Waals surface area contributed by atoms with Gasteiger partial charge in [-0.1, -0.05) is 48.9 Å². The number of nitrogens with zero attached hydrogens (tertiary/aromatic N) is 2. The molecule has 0 spiro atoms. The number of halogens is 2. The number of hydrogen-bond acceptors (Lipinski definition) is 2. The van der Waals surface area contributed by atoms with E-state index in [0.717, 1.165) is 26.1 Å². The summed E-state index contributed by atoms with van der Waals surface area (Å²) in [6, 6.07) is 14.3. The summed E-state index contributed by atoms with van der Waals surface area (Å²) >= 11 is 6.26. The Kier molecular flexibility index (Phi) is 7.45. The summed E-state index contributed by atoms with van der Waals surface area (Å²) in [5.41, 5.74) is 3.56.